The Morgan fingerprint density at radius 1 is 0.318 bits per heavy atom. The van der Waals surface area contributed by atoms with Crippen molar-refractivity contribution in [3.63, 3.8) is 0 Å². The molecule has 14 rings (SSSR count). The van der Waals surface area contributed by atoms with Gasteiger partial charge in [-0.15, -0.1) is 11.3 Å². The average molecular weight is 855 g/mol. The molecular weight excluding hydrogens is 817 g/mol. The number of aromatic nitrogens is 2. The molecule has 0 radical (unpaired) electrons. The van der Waals surface area contributed by atoms with Gasteiger partial charge in [0, 0.05) is 36.9 Å². The molecule has 0 atom stereocenters. The van der Waals surface area contributed by atoms with Gasteiger partial charge in [-0.3, -0.25) is 0 Å². The second-order valence-electron chi connectivity index (χ2n) is 17.5. The Morgan fingerprint density at radius 3 is 1.64 bits per heavy atom. The quantitative estimate of drug-likeness (QED) is 0.172. The minimum Gasteiger partial charge on any atom is -0.228 e. The van der Waals surface area contributed by atoms with E-state index in [2.05, 4.69) is 231 Å². The Balaban J connectivity index is 1.04. The fourth-order valence-corrected chi connectivity index (χ4v) is 12.6. The molecule has 306 valence electrons. The van der Waals surface area contributed by atoms with E-state index < -0.39 is 5.41 Å². The van der Waals surface area contributed by atoms with E-state index >= 15 is 0 Å². The summed E-state index contributed by atoms with van der Waals surface area (Å²) in [5.74, 6) is 0.696. The lowest BCUT2D eigenvalue weighted by Gasteiger charge is -2.30. The molecule has 10 aromatic carbocycles. The van der Waals surface area contributed by atoms with E-state index in [1.54, 1.807) is 0 Å². The van der Waals surface area contributed by atoms with E-state index in [9.17, 15) is 0 Å². The summed E-state index contributed by atoms with van der Waals surface area (Å²) in [5, 5.41) is 5.01. The summed E-state index contributed by atoms with van der Waals surface area (Å²) in [4.78, 5) is 11.0. The van der Waals surface area contributed by atoms with Gasteiger partial charge in [-0.25, -0.2) is 9.97 Å². The topological polar surface area (TPSA) is 25.8 Å². The van der Waals surface area contributed by atoms with Crippen molar-refractivity contribution < 1.29 is 0 Å². The molecule has 2 aliphatic carbocycles. The standard InChI is InChI=1S/C63H38N2S/c1-2-18-40(19-3-1)62-64-57(38-58(65-62)52-29-16-33-56-60(52)51-25-8-12-32-55(51)63(56)53-30-10-6-22-47(53)48-23-7-11-31-54(48)63)43-36-41(45-26-14-20-39-17-4-5-21-44(39)45)35-42(37-43)46-27-15-28-50-49-24-9-13-34-59(49)66-61(46)50/h1-38H. The number of thiophene rings is 1. The molecule has 66 heavy (non-hydrogen) atoms. The summed E-state index contributed by atoms with van der Waals surface area (Å²) < 4.78 is 2.58. The molecule has 0 bridgehead atoms. The number of benzene rings is 10. The van der Waals surface area contributed by atoms with E-state index in [0.29, 0.717) is 5.82 Å². The van der Waals surface area contributed by atoms with Gasteiger partial charge in [0.05, 0.1) is 16.8 Å². The number of hydrogen-bond donors (Lipinski definition) is 0. The molecule has 0 amide bonds. The fraction of sp³-hybridized carbons (Fsp3) is 0.0159. The molecule has 2 heterocycles. The maximum absolute atomic E-state index is 5.51. The van der Waals surface area contributed by atoms with Crippen molar-refractivity contribution in [3.05, 3.63) is 253 Å². The normalized spacial score (nSPS) is 13.0. The molecule has 2 aliphatic rings. The largest absolute Gasteiger partial charge is 0.228 e. The zero-order valence-electron chi connectivity index (χ0n) is 35.7. The third-order valence-electron chi connectivity index (χ3n) is 14.1. The van der Waals surface area contributed by atoms with Crippen molar-refractivity contribution in [1.82, 2.24) is 9.97 Å². The number of rotatable bonds is 5. The molecule has 0 fully saturated rings. The van der Waals surface area contributed by atoms with Crippen molar-refractivity contribution >= 4 is 42.3 Å². The lowest BCUT2D eigenvalue weighted by atomic mass is 9.70. The first-order chi connectivity index (χ1) is 32.7. The van der Waals surface area contributed by atoms with Crippen LogP contribution in [0.4, 0.5) is 0 Å². The molecule has 0 N–H and O–H groups in total. The third-order valence-corrected chi connectivity index (χ3v) is 15.3. The van der Waals surface area contributed by atoms with Gasteiger partial charge in [0.2, 0.25) is 0 Å². The highest BCUT2D eigenvalue weighted by Gasteiger charge is 2.52. The molecule has 12 aromatic rings. The molecule has 0 saturated heterocycles. The molecule has 2 aromatic heterocycles. The van der Waals surface area contributed by atoms with E-state index in [4.69, 9.17) is 9.97 Å². The average Bonchev–Trinajstić information content (AvgIpc) is 4.03. The van der Waals surface area contributed by atoms with Crippen LogP contribution in [0.2, 0.25) is 0 Å². The van der Waals surface area contributed by atoms with Gasteiger partial charge in [-0.1, -0.05) is 200 Å². The SMILES string of the molecule is c1ccc(-c2nc(-c3cc(-c4cccc5ccccc45)cc(-c4cccc5c4sc4ccccc45)c3)cc(-c3cccc4c3-c3ccccc3C43c4ccccc4-c4ccccc43)n2)cc1. The number of fused-ring (bicyclic) bond motifs is 14. The highest BCUT2D eigenvalue weighted by Crippen LogP contribution is 2.64. The van der Waals surface area contributed by atoms with Crippen LogP contribution < -0.4 is 0 Å². The van der Waals surface area contributed by atoms with E-state index in [0.717, 1.165) is 39.2 Å². The van der Waals surface area contributed by atoms with Gasteiger partial charge < -0.3 is 0 Å². The predicted octanol–water partition coefficient (Wildman–Crippen LogP) is 16.7. The van der Waals surface area contributed by atoms with Gasteiger partial charge >= 0.3 is 0 Å². The molecular formula is C63H38N2S. The van der Waals surface area contributed by atoms with Crippen LogP contribution in [0.25, 0.3) is 109 Å². The van der Waals surface area contributed by atoms with Gasteiger partial charge in [0.15, 0.2) is 5.82 Å². The highest BCUT2D eigenvalue weighted by atomic mass is 32.1. The van der Waals surface area contributed by atoms with Crippen LogP contribution in [0.15, 0.2) is 231 Å². The smallest absolute Gasteiger partial charge is 0.160 e. The van der Waals surface area contributed by atoms with Crippen LogP contribution in [0, 0.1) is 0 Å². The summed E-state index contributed by atoms with van der Waals surface area (Å²) in [7, 11) is 0. The summed E-state index contributed by atoms with van der Waals surface area (Å²) in [5.41, 5.74) is 19.5. The molecule has 0 saturated carbocycles. The Morgan fingerprint density at radius 2 is 0.833 bits per heavy atom. The van der Waals surface area contributed by atoms with Crippen molar-refractivity contribution in [2.75, 3.05) is 0 Å². The number of hydrogen-bond acceptors (Lipinski definition) is 3. The maximum atomic E-state index is 5.51. The fourth-order valence-electron chi connectivity index (χ4n) is 11.3. The van der Waals surface area contributed by atoms with Crippen LogP contribution in [0.3, 0.4) is 0 Å². The number of nitrogens with zero attached hydrogens (tertiary/aromatic N) is 2. The van der Waals surface area contributed by atoms with Gasteiger partial charge in [-0.05, 0) is 108 Å². The summed E-state index contributed by atoms with van der Waals surface area (Å²) in [6, 6.07) is 84.5. The lowest BCUT2D eigenvalue weighted by Crippen LogP contribution is -2.25. The Kier molecular flexibility index (Phi) is 8.10. The van der Waals surface area contributed by atoms with Gasteiger partial charge in [0.25, 0.3) is 0 Å². The predicted molar refractivity (Wildman–Crippen MR) is 276 cm³/mol. The summed E-state index contributed by atoms with van der Waals surface area (Å²) >= 11 is 1.87. The van der Waals surface area contributed by atoms with Crippen LogP contribution in [0.5, 0.6) is 0 Å². The second kappa shape index (κ2) is 14.4. The molecule has 3 heteroatoms. The van der Waals surface area contributed by atoms with Crippen LogP contribution in [-0.2, 0) is 5.41 Å². The first-order valence-corrected chi connectivity index (χ1v) is 23.5. The molecule has 0 unspecified atom stereocenters. The zero-order chi connectivity index (χ0) is 43.3. The van der Waals surface area contributed by atoms with Crippen molar-refractivity contribution in [2.45, 2.75) is 5.41 Å². The third kappa shape index (κ3) is 5.35. The van der Waals surface area contributed by atoms with E-state index in [-0.39, 0.29) is 0 Å². The zero-order valence-corrected chi connectivity index (χ0v) is 36.6. The molecule has 1 spiro atoms. The Labute approximate surface area is 386 Å². The first kappa shape index (κ1) is 37.2. The molecule has 0 aliphatic heterocycles. The monoisotopic (exact) mass is 854 g/mol. The Bertz CT molecular complexity index is 3900. The van der Waals surface area contributed by atoms with Crippen LogP contribution >= 0.6 is 11.3 Å². The first-order valence-electron chi connectivity index (χ1n) is 22.6. The van der Waals surface area contributed by atoms with E-state index in [1.807, 2.05) is 11.3 Å². The van der Waals surface area contributed by atoms with Crippen molar-refractivity contribution in [3.8, 4) is 78.4 Å². The van der Waals surface area contributed by atoms with Crippen molar-refractivity contribution in [1.29, 1.82) is 0 Å². The summed E-state index contributed by atoms with van der Waals surface area (Å²) in [6.07, 6.45) is 0. The second-order valence-corrected chi connectivity index (χ2v) is 18.6. The minimum atomic E-state index is -0.456. The maximum Gasteiger partial charge on any atom is 0.160 e. The minimum absolute atomic E-state index is 0.456. The van der Waals surface area contributed by atoms with Crippen LogP contribution in [0.1, 0.15) is 22.3 Å². The highest BCUT2D eigenvalue weighted by molar-refractivity contribution is 7.26. The van der Waals surface area contributed by atoms with Crippen LogP contribution in [-0.4, -0.2) is 9.97 Å². The van der Waals surface area contributed by atoms with Gasteiger partial charge in [0.1, 0.15) is 0 Å². The van der Waals surface area contributed by atoms with E-state index in [1.165, 1.54) is 86.6 Å². The Hall–Kier alpha value is -8.24. The summed E-state index contributed by atoms with van der Waals surface area (Å²) in [6.45, 7) is 0. The van der Waals surface area contributed by atoms with Gasteiger partial charge in [-0.2, -0.15) is 0 Å². The molecule has 2 nitrogen and oxygen atoms in total. The lowest BCUT2D eigenvalue weighted by molar-refractivity contribution is 0.794. The van der Waals surface area contributed by atoms with Crippen molar-refractivity contribution in [2.24, 2.45) is 0 Å².